The zero-order chi connectivity index (χ0) is 18.6. The van der Waals surface area contributed by atoms with Crippen LogP contribution in [0.15, 0.2) is 24.3 Å². The number of piperidine rings is 1. The molecule has 2 saturated heterocycles. The molecule has 142 valence electrons. The molecule has 2 heterocycles. The van der Waals surface area contributed by atoms with Crippen molar-refractivity contribution in [2.24, 2.45) is 0 Å². The van der Waals surface area contributed by atoms with Crippen LogP contribution in [-0.2, 0) is 16.0 Å². The molecular formula is C20H29N3O3. The number of piperazine rings is 1. The molecule has 0 atom stereocenters. The van der Waals surface area contributed by atoms with Gasteiger partial charge in [0.2, 0.25) is 0 Å². The van der Waals surface area contributed by atoms with E-state index in [1.54, 1.807) is 7.11 Å². The number of aryl methyl sites for hydroxylation is 1. The van der Waals surface area contributed by atoms with Gasteiger partial charge in [0.05, 0.1) is 0 Å². The van der Waals surface area contributed by atoms with Crippen LogP contribution in [0.25, 0.3) is 0 Å². The van der Waals surface area contributed by atoms with Gasteiger partial charge in [-0.1, -0.05) is 19.1 Å². The number of ether oxygens (including phenoxy) is 1. The van der Waals surface area contributed by atoms with Crippen LogP contribution in [0.2, 0.25) is 0 Å². The number of amides is 2. The minimum Gasteiger partial charge on any atom is -0.368 e. The van der Waals surface area contributed by atoms with Crippen molar-refractivity contribution in [1.82, 2.24) is 15.1 Å². The summed E-state index contributed by atoms with van der Waals surface area (Å²) < 4.78 is 5.65. The number of carbonyl (C=O) groups is 2. The van der Waals surface area contributed by atoms with Crippen molar-refractivity contribution in [3.05, 3.63) is 35.4 Å². The van der Waals surface area contributed by atoms with Crippen LogP contribution in [0.4, 0.5) is 0 Å². The van der Waals surface area contributed by atoms with Gasteiger partial charge in [-0.15, -0.1) is 0 Å². The van der Waals surface area contributed by atoms with Crippen molar-refractivity contribution in [2.45, 2.75) is 31.8 Å². The monoisotopic (exact) mass is 359 g/mol. The average Bonchev–Trinajstić information content (AvgIpc) is 2.73. The summed E-state index contributed by atoms with van der Waals surface area (Å²) in [5, 5.41) is 3.28. The lowest BCUT2D eigenvalue weighted by Gasteiger charge is -2.42. The zero-order valence-electron chi connectivity index (χ0n) is 15.8. The molecule has 0 aliphatic carbocycles. The minimum atomic E-state index is -0.701. The van der Waals surface area contributed by atoms with Gasteiger partial charge in [-0.3, -0.25) is 9.59 Å². The molecule has 0 unspecified atom stereocenters. The quantitative estimate of drug-likeness (QED) is 0.880. The molecule has 2 amide bonds. The number of hydrogen-bond donors (Lipinski definition) is 1. The number of nitrogens with one attached hydrogen (secondary N) is 1. The number of nitrogens with zero attached hydrogens (tertiary/aromatic N) is 2. The lowest BCUT2D eigenvalue weighted by atomic mass is 9.90. The maximum atomic E-state index is 13.0. The fraction of sp³-hybridized carbons (Fsp3) is 0.600. The Hall–Kier alpha value is -1.92. The topological polar surface area (TPSA) is 61.9 Å². The van der Waals surface area contributed by atoms with Crippen molar-refractivity contribution < 1.29 is 14.3 Å². The summed E-state index contributed by atoms with van der Waals surface area (Å²) in [6.07, 6.45) is 2.36. The van der Waals surface area contributed by atoms with Crippen molar-refractivity contribution in [2.75, 3.05) is 46.4 Å². The van der Waals surface area contributed by atoms with E-state index < -0.39 is 5.60 Å². The zero-order valence-corrected chi connectivity index (χ0v) is 15.8. The fourth-order valence-electron chi connectivity index (χ4n) is 3.80. The van der Waals surface area contributed by atoms with Gasteiger partial charge in [0, 0.05) is 38.9 Å². The number of methoxy groups -OCH3 is 1. The van der Waals surface area contributed by atoms with E-state index in [9.17, 15) is 9.59 Å². The average molecular weight is 359 g/mol. The van der Waals surface area contributed by atoms with Gasteiger partial charge in [-0.05, 0) is 50.0 Å². The highest BCUT2D eigenvalue weighted by molar-refractivity contribution is 5.94. The van der Waals surface area contributed by atoms with E-state index >= 15 is 0 Å². The molecule has 1 aromatic rings. The first-order valence-electron chi connectivity index (χ1n) is 9.53. The van der Waals surface area contributed by atoms with Crippen molar-refractivity contribution >= 4 is 11.8 Å². The lowest BCUT2D eigenvalue weighted by molar-refractivity contribution is -0.159. The summed E-state index contributed by atoms with van der Waals surface area (Å²) in [7, 11) is 1.63. The van der Waals surface area contributed by atoms with E-state index in [0.29, 0.717) is 44.6 Å². The SMILES string of the molecule is CCc1ccc(C(=O)N2CCN(C(=O)C3(OC)CCNCC3)CC2)cc1. The maximum absolute atomic E-state index is 13.0. The summed E-state index contributed by atoms with van der Waals surface area (Å²) >= 11 is 0. The number of hydrogen-bond acceptors (Lipinski definition) is 4. The third-order valence-electron chi connectivity index (χ3n) is 5.65. The largest absolute Gasteiger partial charge is 0.368 e. The molecule has 6 nitrogen and oxygen atoms in total. The van der Waals surface area contributed by atoms with Crippen molar-refractivity contribution in [3.8, 4) is 0 Å². The van der Waals surface area contributed by atoms with Crippen LogP contribution >= 0.6 is 0 Å². The molecule has 1 N–H and O–H groups in total. The summed E-state index contributed by atoms with van der Waals surface area (Å²) in [6.45, 7) is 5.96. The molecule has 0 bridgehead atoms. The highest BCUT2D eigenvalue weighted by atomic mass is 16.5. The summed E-state index contributed by atoms with van der Waals surface area (Å²) in [5.74, 6) is 0.115. The van der Waals surface area contributed by atoms with Gasteiger partial charge in [-0.2, -0.15) is 0 Å². The summed E-state index contributed by atoms with van der Waals surface area (Å²) in [5.41, 5.74) is 1.24. The highest BCUT2D eigenvalue weighted by Gasteiger charge is 2.43. The molecule has 2 fully saturated rings. The predicted octanol–water partition coefficient (Wildman–Crippen LogP) is 1.30. The van der Waals surface area contributed by atoms with E-state index in [-0.39, 0.29) is 11.8 Å². The fourth-order valence-corrected chi connectivity index (χ4v) is 3.80. The Morgan fingerprint density at radius 3 is 2.15 bits per heavy atom. The van der Waals surface area contributed by atoms with Crippen LogP contribution in [0.5, 0.6) is 0 Å². The summed E-state index contributed by atoms with van der Waals surface area (Å²) in [6, 6.07) is 7.81. The van der Waals surface area contributed by atoms with Gasteiger partial charge >= 0.3 is 0 Å². The van der Waals surface area contributed by atoms with Gasteiger partial charge in [-0.25, -0.2) is 0 Å². The molecule has 3 rings (SSSR count). The first-order chi connectivity index (χ1) is 12.6. The first-order valence-corrected chi connectivity index (χ1v) is 9.53. The third kappa shape index (κ3) is 3.76. The van der Waals surface area contributed by atoms with Crippen LogP contribution in [-0.4, -0.2) is 73.6 Å². The van der Waals surface area contributed by atoms with Gasteiger partial charge < -0.3 is 19.9 Å². The molecule has 2 aliphatic heterocycles. The third-order valence-corrected chi connectivity index (χ3v) is 5.65. The Bertz CT molecular complexity index is 630. The summed E-state index contributed by atoms with van der Waals surface area (Å²) in [4.78, 5) is 29.4. The highest BCUT2D eigenvalue weighted by Crippen LogP contribution is 2.26. The number of carbonyl (C=O) groups excluding carboxylic acids is 2. The first kappa shape index (κ1) is 18.9. The molecule has 0 aromatic heterocycles. The smallest absolute Gasteiger partial charge is 0.255 e. The molecule has 2 aliphatic rings. The normalized spacial score (nSPS) is 20.1. The molecular weight excluding hydrogens is 330 g/mol. The van der Waals surface area contributed by atoms with Crippen LogP contribution in [0.1, 0.15) is 35.7 Å². The number of benzene rings is 1. The van der Waals surface area contributed by atoms with E-state index in [4.69, 9.17) is 4.74 Å². The second kappa shape index (κ2) is 8.18. The Labute approximate surface area is 155 Å². The van der Waals surface area contributed by atoms with Crippen LogP contribution < -0.4 is 5.32 Å². The van der Waals surface area contributed by atoms with E-state index in [1.807, 2.05) is 34.1 Å². The van der Waals surface area contributed by atoms with Crippen LogP contribution in [0.3, 0.4) is 0 Å². The van der Waals surface area contributed by atoms with Crippen molar-refractivity contribution in [3.63, 3.8) is 0 Å². The number of rotatable bonds is 4. The standard InChI is InChI=1S/C20H29N3O3/c1-3-16-4-6-17(7-5-16)18(24)22-12-14-23(15-13-22)19(25)20(26-2)8-10-21-11-9-20/h4-7,21H,3,8-15H2,1-2H3. The second-order valence-corrected chi connectivity index (χ2v) is 7.08. The Balaban J connectivity index is 1.59. The molecule has 1 aromatic carbocycles. The molecule has 26 heavy (non-hydrogen) atoms. The van der Waals surface area contributed by atoms with E-state index in [1.165, 1.54) is 5.56 Å². The lowest BCUT2D eigenvalue weighted by Crippen LogP contribution is -2.59. The van der Waals surface area contributed by atoms with Gasteiger partial charge in [0.25, 0.3) is 11.8 Å². The Morgan fingerprint density at radius 2 is 1.62 bits per heavy atom. The van der Waals surface area contributed by atoms with Gasteiger partial charge in [0.1, 0.15) is 5.60 Å². The van der Waals surface area contributed by atoms with Gasteiger partial charge in [0.15, 0.2) is 0 Å². The predicted molar refractivity (Wildman–Crippen MR) is 100 cm³/mol. The van der Waals surface area contributed by atoms with Crippen LogP contribution in [0, 0.1) is 0 Å². The maximum Gasteiger partial charge on any atom is 0.255 e. The second-order valence-electron chi connectivity index (χ2n) is 7.08. The minimum absolute atomic E-state index is 0.0445. The van der Waals surface area contributed by atoms with E-state index in [2.05, 4.69) is 12.2 Å². The Morgan fingerprint density at radius 1 is 1.04 bits per heavy atom. The Kier molecular flexibility index (Phi) is 5.94. The van der Waals surface area contributed by atoms with E-state index in [0.717, 1.165) is 19.5 Å². The van der Waals surface area contributed by atoms with Crippen molar-refractivity contribution in [1.29, 1.82) is 0 Å². The molecule has 0 radical (unpaired) electrons. The molecule has 0 spiro atoms. The molecule has 6 heteroatoms. The molecule has 0 saturated carbocycles.